The third kappa shape index (κ3) is 3.62. The van der Waals surface area contributed by atoms with Crippen LogP contribution in [0.1, 0.15) is 11.3 Å². The van der Waals surface area contributed by atoms with Crippen molar-refractivity contribution in [2.75, 3.05) is 7.11 Å². The van der Waals surface area contributed by atoms with Gasteiger partial charge in [-0.1, -0.05) is 23.4 Å². The summed E-state index contributed by atoms with van der Waals surface area (Å²) in [6.45, 7) is 0.0727. The predicted molar refractivity (Wildman–Crippen MR) is 105 cm³/mol. The maximum atomic E-state index is 12.3. The van der Waals surface area contributed by atoms with Crippen molar-refractivity contribution in [1.82, 2.24) is 9.72 Å². The van der Waals surface area contributed by atoms with Crippen LogP contribution in [0.2, 0.25) is 0 Å². The Balaban J connectivity index is 1.39. The molecule has 6 nitrogen and oxygen atoms in total. The summed E-state index contributed by atoms with van der Waals surface area (Å²) in [5.41, 5.74) is 3.48. The Kier molecular flexibility index (Phi) is 4.85. The lowest BCUT2D eigenvalue weighted by atomic mass is 10.1. The number of aryl methyl sites for hydroxylation is 1. The van der Waals surface area contributed by atoms with Crippen molar-refractivity contribution in [3.05, 3.63) is 72.1 Å². The zero-order valence-electron chi connectivity index (χ0n) is 15.7. The monoisotopic (exact) mass is 376 g/mol. The number of hydrogen-bond acceptors (Lipinski definition) is 5. The number of nitrogens with zero attached hydrogens (tertiary/aromatic N) is 2. The van der Waals surface area contributed by atoms with Crippen molar-refractivity contribution in [2.24, 2.45) is 7.05 Å². The lowest BCUT2D eigenvalue weighted by molar-refractivity contribution is -0.144. The number of esters is 1. The van der Waals surface area contributed by atoms with E-state index < -0.39 is 0 Å². The smallest absolute Gasteiger partial charge is 0.310 e. The Morgan fingerprint density at radius 1 is 1.14 bits per heavy atom. The SMILES string of the molecule is COc1ccc(-c2cc(COC(=O)Cc3cn(C)c4ccccc34)no2)cc1. The van der Waals surface area contributed by atoms with Gasteiger partial charge in [-0.2, -0.15) is 0 Å². The molecule has 142 valence electrons. The highest BCUT2D eigenvalue weighted by Gasteiger charge is 2.13. The van der Waals surface area contributed by atoms with E-state index in [1.165, 1.54) is 0 Å². The molecule has 0 aliphatic rings. The van der Waals surface area contributed by atoms with E-state index in [9.17, 15) is 4.79 Å². The summed E-state index contributed by atoms with van der Waals surface area (Å²) in [5.74, 6) is 1.08. The second kappa shape index (κ2) is 7.60. The molecule has 4 rings (SSSR count). The van der Waals surface area contributed by atoms with Gasteiger partial charge in [-0.25, -0.2) is 0 Å². The van der Waals surface area contributed by atoms with Crippen LogP contribution in [0.25, 0.3) is 22.2 Å². The van der Waals surface area contributed by atoms with E-state index in [0.717, 1.165) is 27.8 Å². The van der Waals surface area contributed by atoms with E-state index in [4.69, 9.17) is 14.0 Å². The first-order chi connectivity index (χ1) is 13.6. The number of benzene rings is 2. The highest BCUT2D eigenvalue weighted by Crippen LogP contribution is 2.24. The molecule has 0 atom stereocenters. The maximum absolute atomic E-state index is 12.3. The van der Waals surface area contributed by atoms with Crippen LogP contribution in [0.4, 0.5) is 0 Å². The molecule has 0 spiro atoms. The summed E-state index contributed by atoms with van der Waals surface area (Å²) < 4.78 is 17.9. The van der Waals surface area contributed by atoms with Crippen molar-refractivity contribution in [3.8, 4) is 17.1 Å². The topological polar surface area (TPSA) is 66.5 Å². The third-order valence-electron chi connectivity index (χ3n) is 4.63. The van der Waals surface area contributed by atoms with E-state index in [1.807, 2.05) is 66.3 Å². The predicted octanol–water partition coefficient (Wildman–Crippen LogP) is 4.13. The summed E-state index contributed by atoms with van der Waals surface area (Å²) in [5, 5.41) is 5.04. The minimum absolute atomic E-state index is 0.0727. The Labute approximate surface area is 162 Å². The molecule has 6 heteroatoms. The summed E-state index contributed by atoms with van der Waals surface area (Å²) >= 11 is 0. The van der Waals surface area contributed by atoms with Gasteiger partial charge in [0.15, 0.2) is 5.76 Å². The first-order valence-corrected chi connectivity index (χ1v) is 8.92. The van der Waals surface area contributed by atoms with Gasteiger partial charge in [0.1, 0.15) is 18.1 Å². The van der Waals surface area contributed by atoms with Crippen LogP contribution in [0.5, 0.6) is 5.75 Å². The number of aromatic nitrogens is 2. The maximum Gasteiger partial charge on any atom is 0.310 e. The molecule has 28 heavy (non-hydrogen) atoms. The van der Waals surface area contributed by atoms with Crippen LogP contribution in [-0.2, 0) is 29.6 Å². The van der Waals surface area contributed by atoms with Crippen molar-refractivity contribution in [1.29, 1.82) is 0 Å². The first kappa shape index (κ1) is 17.9. The number of carbonyl (C=O) groups excluding carboxylic acids is 1. The summed E-state index contributed by atoms with van der Waals surface area (Å²) in [7, 11) is 3.58. The molecule has 4 aromatic rings. The van der Waals surface area contributed by atoms with Gasteiger partial charge in [-0.3, -0.25) is 4.79 Å². The number of methoxy groups -OCH3 is 1. The fourth-order valence-corrected chi connectivity index (χ4v) is 3.20. The minimum Gasteiger partial charge on any atom is -0.497 e. The number of para-hydroxylation sites is 1. The lowest BCUT2D eigenvalue weighted by Gasteiger charge is -2.02. The largest absolute Gasteiger partial charge is 0.497 e. The zero-order chi connectivity index (χ0) is 19.5. The number of rotatable bonds is 6. The van der Waals surface area contributed by atoms with Crippen molar-refractivity contribution in [3.63, 3.8) is 0 Å². The molecule has 0 saturated heterocycles. The standard InChI is InChI=1S/C22H20N2O4/c1-24-13-16(19-5-3-4-6-20(19)24)11-22(25)27-14-17-12-21(28-23-17)15-7-9-18(26-2)10-8-15/h3-10,12-13H,11,14H2,1-2H3. The molecule has 0 bridgehead atoms. The molecule has 0 amide bonds. The van der Waals surface area contributed by atoms with Crippen LogP contribution in [0.15, 0.2) is 65.3 Å². The van der Waals surface area contributed by atoms with Crippen LogP contribution in [0, 0.1) is 0 Å². The lowest BCUT2D eigenvalue weighted by Crippen LogP contribution is -2.07. The number of fused-ring (bicyclic) bond motifs is 1. The molecular formula is C22H20N2O4. The molecule has 2 aromatic heterocycles. The van der Waals surface area contributed by atoms with Gasteiger partial charge in [-0.05, 0) is 35.9 Å². The molecule has 0 aliphatic heterocycles. The van der Waals surface area contributed by atoms with Crippen molar-refractivity contribution >= 4 is 16.9 Å². The van der Waals surface area contributed by atoms with Crippen LogP contribution in [0.3, 0.4) is 0 Å². The fraction of sp³-hybridized carbons (Fsp3) is 0.182. The normalized spacial score (nSPS) is 10.9. The van der Waals surface area contributed by atoms with Crippen LogP contribution in [-0.4, -0.2) is 22.8 Å². The second-order valence-corrected chi connectivity index (χ2v) is 6.53. The average molecular weight is 376 g/mol. The van der Waals surface area contributed by atoms with Gasteiger partial charge in [0.05, 0.1) is 13.5 Å². The van der Waals surface area contributed by atoms with Gasteiger partial charge in [0.2, 0.25) is 0 Å². The molecule has 0 saturated carbocycles. The van der Waals surface area contributed by atoms with Crippen molar-refractivity contribution in [2.45, 2.75) is 13.0 Å². The highest BCUT2D eigenvalue weighted by atomic mass is 16.5. The second-order valence-electron chi connectivity index (χ2n) is 6.53. The molecule has 0 N–H and O–H groups in total. The van der Waals surface area contributed by atoms with E-state index in [-0.39, 0.29) is 19.0 Å². The zero-order valence-corrected chi connectivity index (χ0v) is 15.7. The van der Waals surface area contributed by atoms with Gasteiger partial charge < -0.3 is 18.6 Å². The molecule has 2 aromatic carbocycles. The Morgan fingerprint density at radius 2 is 1.93 bits per heavy atom. The van der Waals surface area contributed by atoms with Gasteiger partial charge >= 0.3 is 5.97 Å². The Bertz CT molecular complexity index is 1110. The number of carbonyl (C=O) groups is 1. The molecular weight excluding hydrogens is 356 g/mol. The van der Waals surface area contributed by atoms with E-state index in [2.05, 4.69) is 5.16 Å². The number of ether oxygens (including phenoxy) is 2. The van der Waals surface area contributed by atoms with Gasteiger partial charge in [0, 0.05) is 35.8 Å². The quantitative estimate of drug-likeness (QED) is 0.474. The molecule has 2 heterocycles. The first-order valence-electron chi connectivity index (χ1n) is 8.92. The van der Waals surface area contributed by atoms with Gasteiger partial charge in [0.25, 0.3) is 0 Å². The summed E-state index contributed by atoms with van der Waals surface area (Å²) in [6, 6.07) is 17.2. The molecule has 0 radical (unpaired) electrons. The summed E-state index contributed by atoms with van der Waals surface area (Å²) in [6.07, 6.45) is 2.17. The summed E-state index contributed by atoms with van der Waals surface area (Å²) in [4.78, 5) is 12.3. The van der Waals surface area contributed by atoms with Gasteiger partial charge in [-0.15, -0.1) is 0 Å². The molecule has 0 aliphatic carbocycles. The van der Waals surface area contributed by atoms with Crippen molar-refractivity contribution < 1.29 is 18.8 Å². The van der Waals surface area contributed by atoms with Crippen LogP contribution >= 0.6 is 0 Å². The Morgan fingerprint density at radius 3 is 2.71 bits per heavy atom. The third-order valence-corrected chi connectivity index (χ3v) is 4.63. The molecule has 0 unspecified atom stereocenters. The van der Waals surface area contributed by atoms with E-state index in [0.29, 0.717) is 11.5 Å². The Hall–Kier alpha value is -3.54. The average Bonchev–Trinajstić information content (AvgIpc) is 3.32. The van der Waals surface area contributed by atoms with E-state index in [1.54, 1.807) is 13.2 Å². The minimum atomic E-state index is -0.301. The molecule has 0 fully saturated rings. The highest BCUT2D eigenvalue weighted by molar-refractivity contribution is 5.87. The fourth-order valence-electron chi connectivity index (χ4n) is 3.20. The number of hydrogen-bond donors (Lipinski definition) is 0. The van der Waals surface area contributed by atoms with E-state index >= 15 is 0 Å². The van der Waals surface area contributed by atoms with Crippen LogP contribution < -0.4 is 4.74 Å².